The van der Waals surface area contributed by atoms with Crippen LogP contribution in [-0.4, -0.2) is 5.78 Å². The van der Waals surface area contributed by atoms with Crippen molar-refractivity contribution in [2.24, 2.45) is 23.2 Å². The minimum atomic E-state index is 0.338. The molecule has 1 heteroatoms. The molecule has 1 fully saturated rings. The van der Waals surface area contributed by atoms with Gasteiger partial charge in [0.2, 0.25) is 0 Å². The third-order valence-electron chi connectivity index (χ3n) is 5.63. The molecule has 0 aromatic heterocycles. The van der Waals surface area contributed by atoms with Crippen LogP contribution in [0.5, 0.6) is 0 Å². The van der Waals surface area contributed by atoms with Gasteiger partial charge in [0.15, 0.2) is 5.78 Å². The second-order valence-corrected chi connectivity index (χ2v) is 7.50. The molecular formula is C18H30O. The molecule has 2 aliphatic rings. The minimum absolute atomic E-state index is 0.338. The Morgan fingerprint density at radius 3 is 2.68 bits per heavy atom. The quantitative estimate of drug-likeness (QED) is 0.669. The SMILES string of the molecule is CC(C)CCC[C@H](C)[C@@H]1CCC2=CC(=O)CC[C@]21C. The number of rotatable bonds is 5. The van der Waals surface area contributed by atoms with Crippen LogP contribution in [0.3, 0.4) is 0 Å². The molecule has 0 aliphatic heterocycles. The fraction of sp³-hybridized carbons (Fsp3) is 0.833. The van der Waals surface area contributed by atoms with Crippen molar-refractivity contribution in [1.29, 1.82) is 0 Å². The van der Waals surface area contributed by atoms with E-state index in [0.29, 0.717) is 11.2 Å². The molecule has 0 N–H and O–H groups in total. The van der Waals surface area contributed by atoms with Crippen molar-refractivity contribution >= 4 is 5.78 Å². The van der Waals surface area contributed by atoms with Crippen molar-refractivity contribution in [2.45, 2.75) is 72.6 Å². The lowest BCUT2D eigenvalue weighted by molar-refractivity contribution is -0.115. The normalized spacial score (nSPS) is 32.4. The smallest absolute Gasteiger partial charge is 0.155 e. The van der Waals surface area contributed by atoms with E-state index in [-0.39, 0.29) is 0 Å². The second-order valence-electron chi connectivity index (χ2n) is 7.50. The van der Waals surface area contributed by atoms with E-state index in [2.05, 4.69) is 27.7 Å². The molecule has 0 aromatic carbocycles. The monoisotopic (exact) mass is 262 g/mol. The molecule has 0 heterocycles. The highest BCUT2D eigenvalue weighted by atomic mass is 16.1. The van der Waals surface area contributed by atoms with Crippen molar-refractivity contribution in [3.63, 3.8) is 0 Å². The Morgan fingerprint density at radius 2 is 2.00 bits per heavy atom. The van der Waals surface area contributed by atoms with Crippen LogP contribution in [0.2, 0.25) is 0 Å². The summed E-state index contributed by atoms with van der Waals surface area (Å²) in [6, 6.07) is 0. The van der Waals surface area contributed by atoms with Gasteiger partial charge in [0.25, 0.3) is 0 Å². The van der Waals surface area contributed by atoms with Crippen molar-refractivity contribution in [1.82, 2.24) is 0 Å². The molecule has 108 valence electrons. The molecule has 2 aliphatic carbocycles. The van der Waals surface area contributed by atoms with E-state index in [1.807, 2.05) is 6.08 Å². The number of carbonyl (C=O) groups excluding carboxylic acids is 1. The molecule has 0 unspecified atom stereocenters. The van der Waals surface area contributed by atoms with E-state index in [1.165, 1.54) is 37.7 Å². The van der Waals surface area contributed by atoms with Gasteiger partial charge in [-0.2, -0.15) is 0 Å². The summed E-state index contributed by atoms with van der Waals surface area (Å²) >= 11 is 0. The summed E-state index contributed by atoms with van der Waals surface area (Å²) in [6.07, 6.45) is 10.4. The Balaban J connectivity index is 1.98. The van der Waals surface area contributed by atoms with E-state index in [4.69, 9.17) is 0 Å². The number of hydrogen-bond donors (Lipinski definition) is 0. The van der Waals surface area contributed by atoms with Crippen LogP contribution in [0.4, 0.5) is 0 Å². The fourth-order valence-corrected chi connectivity index (χ4v) is 4.35. The van der Waals surface area contributed by atoms with E-state index in [0.717, 1.165) is 30.6 Å². The summed E-state index contributed by atoms with van der Waals surface area (Å²) in [6.45, 7) is 9.49. The molecule has 2 rings (SSSR count). The van der Waals surface area contributed by atoms with E-state index >= 15 is 0 Å². The average molecular weight is 262 g/mol. The van der Waals surface area contributed by atoms with Crippen molar-refractivity contribution in [3.8, 4) is 0 Å². The second kappa shape index (κ2) is 5.81. The third-order valence-corrected chi connectivity index (χ3v) is 5.63. The highest BCUT2D eigenvalue weighted by Crippen LogP contribution is 2.55. The van der Waals surface area contributed by atoms with Gasteiger partial charge in [-0.25, -0.2) is 0 Å². The number of hydrogen-bond acceptors (Lipinski definition) is 1. The molecule has 3 atom stereocenters. The molecule has 0 amide bonds. The zero-order valence-electron chi connectivity index (χ0n) is 13.2. The van der Waals surface area contributed by atoms with Crippen LogP contribution < -0.4 is 0 Å². The fourth-order valence-electron chi connectivity index (χ4n) is 4.35. The van der Waals surface area contributed by atoms with Crippen LogP contribution in [0, 0.1) is 23.2 Å². The van der Waals surface area contributed by atoms with E-state index in [1.54, 1.807) is 0 Å². The topological polar surface area (TPSA) is 17.1 Å². The number of fused-ring (bicyclic) bond motifs is 1. The predicted molar refractivity (Wildman–Crippen MR) is 81.0 cm³/mol. The first kappa shape index (κ1) is 14.8. The van der Waals surface area contributed by atoms with Crippen molar-refractivity contribution in [2.75, 3.05) is 0 Å². The van der Waals surface area contributed by atoms with Crippen LogP contribution >= 0.6 is 0 Å². The Bertz CT molecular complexity index is 366. The molecular weight excluding hydrogens is 232 g/mol. The average Bonchev–Trinajstić information content (AvgIpc) is 2.66. The number of allylic oxidation sites excluding steroid dienone is 2. The Labute approximate surface area is 118 Å². The minimum Gasteiger partial charge on any atom is -0.295 e. The van der Waals surface area contributed by atoms with Crippen LogP contribution in [0.1, 0.15) is 72.6 Å². The summed E-state index contributed by atoms with van der Waals surface area (Å²) in [5.74, 6) is 2.80. The van der Waals surface area contributed by atoms with E-state index < -0.39 is 0 Å². The molecule has 0 saturated heterocycles. The largest absolute Gasteiger partial charge is 0.295 e. The Kier molecular flexibility index (Phi) is 4.53. The van der Waals surface area contributed by atoms with Crippen LogP contribution in [-0.2, 0) is 4.79 Å². The summed E-state index contributed by atoms with van der Waals surface area (Å²) < 4.78 is 0. The van der Waals surface area contributed by atoms with Gasteiger partial charge in [-0.15, -0.1) is 0 Å². The summed E-state index contributed by atoms with van der Waals surface area (Å²) in [4.78, 5) is 11.6. The van der Waals surface area contributed by atoms with Gasteiger partial charge in [-0.3, -0.25) is 4.79 Å². The number of carbonyl (C=O) groups is 1. The number of ketones is 1. The lowest BCUT2D eigenvalue weighted by atomic mass is 9.66. The summed E-state index contributed by atoms with van der Waals surface area (Å²) in [5, 5.41) is 0. The first-order valence-corrected chi connectivity index (χ1v) is 8.17. The lowest BCUT2D eigenvalue weighted by Crippen LogP contribution is -2.31. The maximum absolute atomic E-state index is 11.6. The van der Waals surface area contributed by atoms with Gasteiger partial charge < -0.3 is 0 Å². The van der Waals surface area contributed by atoms with Gasteiger partial charge >= 0.3 is 0 Å². The van der Waals surface area contributed by atoms with Crippen LogP contribution in [0.25, 0.3) is 0 Å². The van der Waals surface area contributed by atoms with Gasteiger partial charge in [-0.05, 0) is 48.5 Å². The maximum Gasteiger partial charge on any atom is 0.155 e. The van der Waals surface area contributed by atoms with Gasteiger partial charge in [0.1, 0.15) is 0 Å². The molecule has 0 bridgehead atoms. The summed E-state index contributed by atoms with van der Waals surface area (Å²) in [7, 11) is 0. The van der Waals surface area contributed by atoms with Gasteiger partial charge in [-0.1, -0.05) is 52.5 Å². The molecule has 0 radical (unpaired) electrons. The van der Waals surface area contributed by atoms with Gasteiger partial charge in [0, 0.05) is 6.42 Å². The summed E-state index contributed by atoms with van der Waals surface area (Å²) in [5.41, 5.74) is 1.80. The Morgan fingerprint density at radius 1 is 1.26 bits per heavy atom. The first-order chi connectivity index (χ1) is 8.93. The maximum atomic E-state index is 11.6. The molecule has 0 aromatic rings. The highest BCUT2D eigenvalue weighted by molar-refractivity contribution is 5.91. The van der Waals surface area contributed by atoms with Crippen molar-refractivity contribution in [3.05, 3.63) is 11.6 Å². The molecule has 19 heavy (non-hydrogen) atoms. The lowest BCUT2D eigenvalue weighted by Gasteiger charge is -2.38. The zero-order chi connectivity index (χ0) is 14.0. The van der Waals surface area contributed by atoms with E-state index in [9.17, 15) is 4.79 Å². The van der Waals surface area contributed by atoms with Crippen LogP contribution in [0.15, 0.2) is 11.6 Å². The third kappa shape index (κ3) is 3.12. The highest BCUT2D eigenvalue weighted by Gasteiger charge is 2.46. The van der Waals surface area contributed by atoms with Crippen molar-refractivity contribution < 1.29 is 4.79 Å². The zero-order valence-corrected chi connectivity index (χ0v) is 13.2. The standard InChI is InChI=1S/C18H30O/c1-13(2)6-5-7-14(3)17-9-8-15-12-16(19)10-11-18(15,17)4/h12-14,17H,5-11H2,1-4H3/t14-,17-,18+/m0/s1. The first-order valence-electron chi connectivity index (χ1n) is 8.17. The molecule has 1 saturated carbocycles. The molecule has 0 spiro atoms. The Hall–Kier alpha value is -0.590. The van der Waals surface area contributed by atoms with Gasteiger partial charge in [0.05, 0.1) is 0 Å². The molecule has 1 nitrogen and oxygen atoms in total. The predicted octanol–water partition coefficient (Wildman–Crippen LogP) is 5.15.